The number of aliphatic hydroxyl groups excluding tert-OH is 2. The van der Waals surface area contributed by atoms with E-state index in [0.29, 0.717) is 6.42 Å². The van der Waals surface area contributed by atoms with E-state index < -0.39 is 6.10 Å². The first kappa shape index (κ1) is 13.9. The third-order valence-electron chi connectivity index (χ3n) is 3.91. The molecule has 1 aliphatic heterocycles. The average Bonchev–Trinajstić information content (AvgIpc) is 2.56. The average molecular weight is 282 g/mol. The number of ether oxygens (including phenoxy) is 1. The number of benzene rings is 2. The fourth-order valence-electron chi connectivity index (χ4n) is 2.76. The van der Waals surface area contributed by atoms with Crippen LogP contribution in [0.4, 0.5) is 0 Å². The van der Waals surface area contributed by atoms with Crippen molar-refractivity contribution in [1.29, 1.82) is 0 Å². The maximum Gasteiger partial charge on any atom is 0.130 e. The Kier molecular flexibility index (Phi) is 4.04. The minimum absolute atomic E-state index is 0.0323. The molecule has 3 rings (SSSR count). The van der Waals surface area contributed by atoms with Crippen molar-refractivity contribution in [2.45, 2.75) is 18.4 Å². The smallest absolute Gasteiger partial charge is 0.130 e. The summed E-state index contributed by atoms with van der Waals surface area (Å²) in [6.45, 7) is -0.0689. The van der Waals surface area contributed by atoms with E-state index in [0.717, 1.165) is 22.4 Å². The molecule has 0 saturated carbocycles. The van der Waals surface area contributed by atoms with Gasteiger partial charge in [0.15, 0.2) is 0 Å². The Morgan fingerprint density at radius 3 is 2.48 bits per heavy atom. The molecule has 1 heterocycles. The first-order chi connectivity index (χ1) is 10.3. The molecule has 0 aromatic heterocycles. The number of aliphatic hydroxyl groups is 2. The Morgan fingerprint density at radius 2 is 1.71 bits per heavy atom. The van der Waals surface area contributed by atoms with Crippen LogP contribution < -0.4 is 4.74 Å². The van der Waals surface area contributed by atoms with E-state index >= 15 is 0 Å². The molecule has 2 unspecified atom stereocenters. The number of hydrogen-bond donors (Lipinski definition) is 2. The first-order valence-corrected chi connectivity index (χ1v) is 7.08. The molecule has 2 aromatic carbocycles. The fourth-order valence-corrected chi connectivity index (χ4v) is 2.76. The molecule has 0 spiro atoms. The highest BCUT2D eigenvalue weighted by atomic mass is 16.5. The third-order valence-corrected chi connectivity index (χ3v) is 3.91. The summed E-state index contributed by atoms with van der Waals surface area (Å²) in [5, 5.41) is 20.0. The minimum atomic E-state index is -0.572. The van der Waals surface area contributed by atoms with Crippen LogP contribution in [0.2, 0.25) is 0 Å². The van der Waals surface area contributed by atoms with Crippen LogP contribution in [-0.2, 0) is 0 Å². The van der Waals surface area contributed by atoms with E-state index in [1.807, 2.05) is 54.6 Å². The van der Waals surface area contributed by atoms with Crippen LogP contribution in [0.5, 0.6) is 5.75 Å². The number of para-hydroxylation sites is 1. The van der Waals surface area contributed by atoms with Gasteiger partial charge in [-0.05, 0) is 23.6 Å². The van der Waals surface area contributed by atoms with Gasteiger partial charge in [-0.1, -0.05) is 48.5 Å². The number of hydrogen-bond acceptors (Lipinski definition) is 3. The van der Waals surface area contributed by atoms with Gasteiger partial charge in [-0.15, -0.1) is 0 Å². The highest BCUT2D eigenvalue weighted by Crippen LogP contribution is 2.41. The van der Waals surface area contributed by atoms with E-state index in [1.54, 1.807) is 6.26 Å². The van der Waals surface area contributed by atoms with E-state index in [-0.39, 0.29) is 12.5 Å². The number of fused-ring (bicyclic) bond motifs is 1. The monoisotopic (exact) mass is 282 g/mol. The summed E-state index contributed by atoms with van der Waals surface area (Å²) in [5.41, 5.74) is 2.70. The topological polar surface area (TPSA) is 49.7 Å². The Labute approximate surface area is 124 Å². The van der Waals surface area contributed by atoms with Crippen LogP contribution >= 0.6 is 0 Å². The predicted octanol–water partition coefficient (Wildman–Crippen LogP) is 3.16. The van der Waals surface area contributed by atoms with Gasteiger partial charge in [-0.25, -0.2) is 0 Å². The summed E-state index contributed by atoms with van der Waals surface area (Å²) >= 11 is 0. The lowest BCUT2D eigenvalue weighted by molar-refractivity contribution is 0.157. The van der Waals surface area contributed by atoms with Crippen molar-refractivity contribution >= 4 is 0 Å². The second-order valence-electron chi connectivity index (χ2n) is 5.22. The Morgan fingerprint density at radius 1 is 1.00 bits per heavy atom. The number of rotatable bonds is 4. The van der Waals surface area contributed by atoms with E-state index in [9.17, 15) is 10.2 Å². The van der Waals surface area contributed by atoms with Crippen molar-refractivity contribution < 1.29 is 14.9 Å². The highest BCUT2D eigenvalue weighted by Gasteiger charge is 2.27. The van der Waals surface area contributed by atoms with Crippen molar-refractivity contribution in [3.8, 4) is 5.75 Å². The molecule has 0 bridgehead atoms. The van der Waals surface area contributed by atoms with Gasteiger partial charge >= 0.3 is 0 Å². The molecule has 1 aliphatic rings. The van der Waals surface area contributed by atoms with Crippen molar-refractivity contribution in [3.05, 3.63) is 77.6 Å². The quantitative estimate of drug-likeness (QED) is 0.905. The Balaban J connectivity index is 1.88. The third kappa shape index (κ3) is 2.84. The molecule has 2 atom stereocenters. The lowest BCUT2D eigenvalue weighted by Gasteiger charge is -2.27. The van der Waals surface area contributed by atoms with Gasteiger partial charge in [0.25, 0.3) is 0 Å². The summed E-state index contributed by atoms with van der Waals surface area (Å²) in [7, 11) is 0. The largest absolute Gasteiger partial charge is 0.465 e. The van der Waals surface area contributed by atoms with Gasteiger partial charge in [0.1, 0.15) is 5.75 Å². The molecule has 2 N–H and O–H groups in total. The second kappa shape index (κ2) is 6.12. The standard InChI is InChI=1S/C18H18O3/c19-11-14-12-21-18-9-5-4-8-15(18)16(14)10-17(20)13-6-2-1-3-7-13/h1-9,12,16-17,19-20H,10-11H2. The second-order valence-corrected chi connectivity index (χ2v) is 5.22. The van der Waals surface area contributed by atoms with Crippen molar-refractivity contribution in [1.82, 2.24) is 0 Å². The van der Waals surface area contributed by atoms with Gasteiger partial charge in [-0.2, -0.15) is 0 Å². The SMILES string of the molecule is OCC1=COc2ccccc2C1CC(O)c1ccccc1. The van der Waals surface area contributed by atoms with E-state index in [2.05, 4.69) is 0 Å². The van der Waals surface area contributed by atoms with Gasteiger partial charge in [-0.3, -0.25) is 0 Å². The molecule has 3 nitrogen and oxygen atoms in total. The zero-order valence-electron chi connectivity index (χ0n) is 11.6. The lowest BCUT2D eigenvalue weighted by Crippen LogP contribution is -2.16. The molecule has 21 heavy (non-hydrogen) atoms. The van der Waals surface area contributed by atoms with Crippen LogP contribution in [0.1, 0.15) is 29.6 Å². The van der Waals surface area contributed by atoms with Crippen molar-refractivity contribution in [3.63, 3.8) is 0 Å². The Hall–Kier alpha value is -2.10. The van der Waals surface area contributed by atoms with Crippen LogP contribution in [0, 0.1) is 0 Å². The van der Waals surface area contributed by atoms with E-state index in [1.165, 1.54) is 0 Å². The Bertz CT molecular complexity index is 634. The molecule has 0 radical (unpaired) electrons. The summed E-state index contributed by atoms with van der Waals surface area (Å²) in [6.07, 6.45) is 1.55. The molecule has 0 aliphatic carbocycles. The van der Waals surface area contributed by atoms with Crippen LogP contribution in [-0.4, -0.2) is 16.8 Å². The molecule has 0 amide bonds. The van der Waals surface area contributed by atoms with Crippen molar-refractivity contribution in [2.24, 2.45) is 0 Å². The van der Waals surface area contributed by atoms with Gasteiger partial charge in [0.05, 0.1) is 19.0 Å². The van der Waals surface area contributed by atoms with Crippen LogP contribution in [0.15, 0.2) is 66.4 Å². The van der Waals surface area contributed by atoms with Crippen LogP contribution in [0.3, 0.4) is 0 Å². The molecular weight excluding hydrogens is 264 g/mol. The lowest BCUT2D eigenvalue weighted by atomic mass is 9.84. The van der Waals surface area contributed by atoms with E-state index in [4.69, 9.17) is 4.74 Å². The maximum atomic E-state index is 10.5. The fraction of sp³-hybridized carbons (Fsp3) is 0.222. The minimum Gasteiger partial charge on any atom is -0.465 e. The highest BCUT2D eigenvalue weighted by molar-refractivity contribution is 5.44. The van der Waals surface area contributed by atoms with Gasteiger partial charge in [0, 0.05) is 11.5 Å². The summed E-state index contributed by atoms with van der Waals surface area (Å²) in [6, 6.07) is 17.3. The van der Waals surface area contributed by atoms with Crippen LogP contribution in [0.25, 0.3) is 0 Å². The normalized spacial score (nSPS) is 18.4. The molecule has 2 aromatic rings. The van der Waals surface area contributed by atoms with Gasteiger partial charge in [0.2, 0.25) is 0 Å². The molecule has 108 valence electrons. The summed E-state index contributed by atoms with van der Waals surface area (Å²) in [5.74, 6) is 0.759. The first-order valence-electron chi connectivity index (χ1n) is 7.08. The maximum absolute atomic E-state index is 10.5. The zero-order chi connectivity index (χ0) is 14.7. The summed E-state index contributed by atoms with van der Waals surface area (Å²) in [4.78, 5) is 0. The summed E-state index contributed by atoms with van der Waals surface area (Å²) < 4.78 is 5.54. The zero-order valence-corrected chi connectivity index (χ0v) is 11.6. The van der Waals surface area contributed by atoms with Crippen molar-refractivity contribution in [2.75, 3.05) is 6.61 Å². The van der Waals surface area contributed by atoms with Gasteiger partial charge < -0.3 is 14.9 Å². The molecule has 3 heteroatoms. The molecule has 0 fully saturated rings. The molecular formula is C18H18O3. The molecule has 0 saturated heterocycles. The predicted molar refractivity (Wildman–Crippen MR) is 81.0 cm³/mol.